The second-order valence-corrected chi connectivity index (χ2v) is 5.84. The molecule has 1 aliphatic heterocycles. The maximum atomic E-state index is 10.8. The zero-order valence-corrected chi connectivity index (χ0v) is 14.8. The summed E-state index contributed by atoms with van der Waals surface area (Å²) in [5.41, 5.74) is 0. The van der Waals surface area contributed by atoms with Gasteiger partial charge in [0.2, 0.25) is 6.41 Å². The standard InChI is InChI=1S/C18H23N5O3/c1-25-15-2-4-16(5-3-15)26-11-6-19-17-12-18(21-13-20-17)23-9-7-22(14-24)8-10-23/h2-5,12-14H,6-11H2,1H3,(H,19,20,21). The summed E-state index contributed by atoms with van der Waals surface area (Å²) in [6, 6.07) is 9.40. The van der Waals surface area contributed by atoms with Crippen LogP contribution in [0.3, 0.4) is 0 Å². The first-order chi connectivity index (χ1) is 12.8. The van der Waals surface area contributed by atoms with E-state index in [-0.39, 0.29) is 0 Å². The van der Waals surface area contributed by atoms with Gasteiger partial charge >= 0.3 is 0 Å². The van der Waals surface area contributed by atoms with Crippen molar-refractivity contribution in [1.29, 1.82) is 0 Å². The molecule has 0 bridgehead atoms. The van der Waals surface area contributed by atoms with Crippen molar-refractivity contribution in [2.75, 3.05) is 56.7 Å². The van der Waals surface area contributed by atoms with Gasteiger partial charge in [0.1, 0.15) is 36.1 Å². The Morgan fingerprint density at radius 3 is 2.54 bits per heavy atom. The smallest absolute Gasteiger partial charge is 0.209 e. The molecule has 8 nitrogen and oxygen atoms in total. The molecule has 1 fully saturated rings. The Morgan fingerprint density at radius 2 is 1.85 bits per heavy atom. The van der Waals surface area contributed by atoms with E-state index in [2.05, 4.69) is 20.2 Å². The number of nitrogens with one attached hydrogen (secondary N) is 1. The van der Waals surface area contributed by atoms with Crippen molar-refractivity contribution in [3.05, 3.63) is 36.7 Å². The van der Waals surface area contributed by atoms with E-state index < -0.39 is 0 Å². The minimum Gasteiger partial charge on any atom is -0.497 e. The number of rotatable bonds is 8. The molecule has 0 unspecified atom stereocenters. The number of hydrogen-bond acceptors (Lipinski definition) is 7. The van der Waals surface area contributed by atoms with Gasteiger partial charge < -0.3 is 24.6 Å². The molecule has 2 heterocycles. The van der Waals surface area contributed by atoms with Crippen LogP contribution in [0.2, 0.25) is 0 Å². The fourth-order valence-electron chi connectivity index (χ4n) is 2.69. The highest BCUT2D eigenvalue weighted by Gasteiger charge is 2.17. The van der Waals surface area contributed by atoms with E-state index in [1.807, 2.05) is 30.3 Å². The van der Waals surface area contributed by atoms with Crippen molar-refractivity contribution in [2.45, 2.75) is 0 Å². The number of anilines is 2. The fraction of sp³-hybridized carbons (Fsp3) is 0.389. The topological polar surface area (TPSA) is 79.8 Å². The maximum absolute atomic E-state index is 10.8. The molecule has 138 valence electrons. The molecule has 0 saturated carbocycles. The quantitative estimate of drug-likeness (QED) is 0.563. The van der Waals surface area contributed by atoms with E-state index in [9.17, 15) is 4.79 Å². The van der Waals surface area contributed by atoms with Crippen molar-refractivity contribution in [3.8, 4) is 11.5 Å². The zero-order chi connectivity index (χ0) is 18.2. The Balaban J connectivity index is 1.45. The van der Waals surface area contributed by atoms with Crippen molar-refractivity contribution in [3.63, 3.8) is 0 Å². The van der Waals surface area contributed by atoms with Crippen LogP contribution in [0.5, 0.6) is 11.5 Å². The molecule has 1 N–H and O–H groups in total. The highest BCUT2D eigenvalue weighted by Crippen LogP contribution is 2.17. The predicted octanol–water partition coefficient (Wildman–Crippen LogP) is 1.25. The lowest BCUT2D eigenvalue weighted by molar-refractivity contribution is -0.118. The van der Waals surface area contributed by atoms with Crippen molar-refractivity contribution in [2.24, 2.45) is 0 Å². The number of aromatic nitrogens is 2. The van der Waals surface area contributed by atoms with E-state index in [0.717, 1.165) is 42.6 Å². The summed E-state index contributed by atoms with van der Waals surface area (Å²) in [5, 5.41) is 3.24. The zero-order valence-electron chi connectivity index (χ0n) is 14.8. The van der Waals surface area contributed by atoms with E-state index in [1.54, 1.807) is 18.3 Å². The van der Waals surface area contributed by atoms with Crippen LogP contribution in [0.15, 0.2) is 36.7 Å². The van der Waals surface area contributed by atoms with Gasteiger partial charge in [0.15, 0.2) is 0 Å². The van der Waals surface area contributed by atoms with Crippen LogP contribution in [0.1, 0.15) is 0 Å². The SMILES string of the molecule is COc1ccc(OCCNc2cc(N3CCN(C=O)CC3)ncn2)cc1. The first-order valence-corrected chi connectivity index (χ1v) is 8.55. The maximum Gasteiger partial charge on any atom is 0.209 e. The largest absolute Gasteiger partial charge is 0.497 e. The monoisotopic (exact) mass is 357 g/mol. The number of carbonyl (C=O) groups excluding carboxylic acids is 1. The Morgan fingerprint density at radius 1 is 1.12 bits per heavy atom. The van der Waals surface area contributed by atoms with Crippen LogP contribution >= 0.6 is 0 Å². The average molecular weight is 357 g/mol. The lowest BCUT2D eigenvalue weighted by atomic mass is 10.3. The van der Waals surface area contributed by atoms with Crippen LogP contribution in [-0.2, 0) is 4.79 Å². The third kappa shape index (κ3) is 4.75. The summed E-state index contributed by atoms with van der Waals surface area (Å²) in [6.45, 7) is 4.12. The third-order valence-corrected chi connectivity index (χ3v) is 4.18. The van der Waals surface area contributed by atoms with Gasteiger partial charge in [-0.15, -0.1) is 0 Å². The lowest BCUT2D eigenvalue weighted by Crippen LogP contribution is -2.46. The fourth-order valence-corrected chi connectivity index (χ4v) is 2.69. The highest BCUT2D eigenvalue weighted by atomic mass is 16.5. The van der Waals surface area contributed by atoms with Gasteiger partial charge in [0, 0.05) is 32.2 Å². The van der Waals surface area contributed by atoms with Crippen molar-refractivity contribution >= 4 is 18.0 Å². The molecule has 0 radical (unpaired) electrons. The molecule has 1 saturated heterocycles. The predicted molar refractivity (Wildman–Crippen MR) is 98.9 cm³/mol. The average Bonchev–Trinajstić information content (AvgIpc) is 2.72. The van der Waals surface area contributed by atoms with Crippen molar-refractivity contribution in [1.82, 2.24) is 14.9 Å². The van der Waals surface area contributed by atoms with Crippen LogP contribution in [0.25, 0.3) is 0 Å². The van der Waals surface area contributed by atoms with E-state index in [4.69, 9.17) is 9.47 Å². The number of benzene rings is 1. The Labute approximate surface area is 152 Å². The second kappa shape index (κ2) is 8.89. The lowest BCUT2D eigenvalue weighted by Gasteiger charge is -2.33. The molecule has 1 aromatic carbocycles. The van der Waals surface area contributed by atoms with Crippen molar-refractivity contribution < 1.29 is 14.3 Å². The van der Waals surface area contributed by atoms with Gasteiger partial charge in [-0.3, -0.25) is 4.79 Å². The summed E-state index contributed by atoms with van der Waals surface area (Å²) in [7, 11) is 1.64. The molecular weight excluding hydrogens is 334 g/mol. The van der Waals surface area contributed by atoms with Crippen LogP contribution in [0, 0.1) is 0 Å². The second-order valence-electron chi connectivity index (χ2n) is 5.84. The van der Waals surface area contributed by atoms with Gasteiger partial charge in [-0.25, -0.2) is 9.97 Å². The number of ether oxygens (including phenoxy) is 2. The van der Waals surface area contributed by atoms with E-state index >= 15 is 0 Å². The number of piperazine rings is 1. The van der Waals surface area contributed by atoms with Gasteiger partial charge in [0.25, 0.3) is 0 Å². The third-order valence-electron chi connectivity index (χ3n) is 4.18. The molecule has 1 aromatic heterocycles. The molecule has 0 spiro atoms. The van der Waals surface area contributed by atoms with Gasteiger partial charge in [0.05, 0.1) is 13.7 Å². The Kier molecular flexibility index (Phi) is 6.08. The molecule has 3 rings (SSSR count). The van der Waals surface area contributed by atoms with Crippen LogP contribution in [-0.4, -0.2) is 67.7 Å². The normalized spacial score (nSPS) is 14.0. The molecule has 0 aliphatic carbocycles. The van der Waals surface area contributed by atoms with Gasteiger partial charge in [-0.2, -0.15) is 0 Å². The number of hydrogen-bond donors (Lipinski definition) is 1. The van der Waals surface area contributed by atoms with Crippen LogP contribution < -0.4 is 19.7 Å². The minimum atomic E-state index is 0.518. The Hall–Kier alpha value is -3.03. The molecular formula is C18H23N5O3. The summed E-state index contributed by atoms with van der Waals surface area (Å²) < 4.78 is 10.8. The molecule has 1 aliphatic rings. The van der Waals surface area contributed by atoms with Gasteiger partial charge in [-0.05, 0) is 24.3 Å². The first kappa shape index (κ1) is 17.8. The molecule has 0 atom stereocenters. The number of nitrogens with zero attached hydrogens (tertiary/aromatic N) is 4. The van der Waals surface area contributed by atoms with E-state index in [0.29, 0.717) is 26.2 Å². The summed E-state index contributed by atoms with van der Waals surface area (Å²) in [5.74, 6) is 3.22. The number of carbonyl (C=O) groups is 1. The Bertz CT molecular complexity index is 702. The number of methoxy groups -OCH3 is 1. The molecule has 2 aromatic rings. The molecule has 26 heavy (non-hydrogen) atoms. The minimum absolute atomic E-state index is 0.518. The first-order valence-electron chi connectivity index (χ1n) is 8.55. The summed E-state index contributed by atoms with van der Waals surface area (Å²) in [4.78, 5) is 23.3. The summed E-state index contributed by atoms with van der Waals surface area (Å²) in [6.07, 6.45) is 2.45. The van der Waals surface area contributed by atoms with Gasteiger partial charge in [-0.1, -0.05) is 0 Å². The van der Waals surface area contributed by atoms with E-state index in [1.165, 1.54) is 0 Å². The molecule has 8 heteroatoms. The highest BCUT2D eigenvalue weighted by molar-refractivity contribution is 5.51. The summed E-state index contributed by atoms with van der Waals surface area (Å²) >= 11 is 0. The number of amides is 1. The van der Waals surface area contributed by atoms with Crippen LogP contribution in [0.4, 0.5) is 11.6 Å². The molecule has 1 amide bonds.